The molecule has 0 unspecified atom stereocenters. The van der Waals surface area contributed by atoms with Crippen LogP contribution in [0, 0.1) is 6.92 Å². The van der Waals surface area contributed by atoms with E-state index in [1.54, 1.807) is 6.08 Å². The third-order valence-corrected chi connectivity index (χ3v) is 1.11. The number of rotatable bonds is 4. The molecule has 0 aromatic rings. The summed E-state index contributed by atoms with van der Waals surface area (Å²) in [6.45, 7) is 5.77. The van der Waals surface area contributed by atoms with Crippen molar-refractivity contribution >= 4 is 0 Å². The van der Waals surface area contributed by atoms with Crippen molar-refractivity contribution in [2.45, 2.75) is 26.2 Å². The largest absolute Gasteiger partial charge is 0.0845 e. The predicted molar refractivity (Wildman–Crippen MR) is 43.2 cm³/mol. The standard InChI is InChI=1S/C9H15/c1-3-5-7-9-8-6-4-2/h3,5,7,9H,1,4,6,8H2,2H3/b5-3?,9-7+. The summed E-state index contributed by atoms with van der Waals surface area (Å²) in [5, 5.41) is 0. The first-order valence-electron chi connectivity index (χ1n) is 3.52. The Hall–Kier alpha value is -0.520. The van der Waals surface area contributed by atoms with Gasteiger partial charge in [-0.05, 0) is 13.3 Å². The Bertz CT molecular complexity index is 88.2. The van der Waals surface area contributed by atoms with Crippen LogP contribution in [0.4, 0.5) is 0 Å². The molecule has 0 spiro atoms. The van der Waals surface area contributed by atoms with Gasteiger partial charge >= 0.3 is 0 Å². The Labute approximate surface area is 58.3 Å². The van der Waals surface area contributed by atoms with Crippen molar-refractivity contribution in [1.29, 1.82) is 0 Å². The minimum absolute atomic E-state index is 1.20. The van der Waals surface area contributed by atoms with Crippen LogP contribution in [0.1, 0.15) is 26.2 Å². The second-order valence-electron chi connectivity index (χ2n) is 2.00. The van der Waals surface area contributed by atoms with E-state index >= 15 is 0 Å². The van der Waals surface area contributed by atoms with Crippen LogP contribution in [0.15, 0.2) is 24.3 Å². The summed E-state index contributed by atoms with van der Waals surface area (Å²) in [6.07, 6.45) is 11.7. The van der Waals surface area contributed by atoms with Gasteiger partial charge in [0, 0.05) is 0 Å². The van der Waals surface area contributed by atoms with Crippen LogP contribution in [-0.2, 0) is 0 Å². The van der Waals surface area contributed by atoms with Gasteiger partial charge in [-0.25, -0.2) is 0 Å². The number of hydrogen-bond donors (Lipinski definition) is 0. The highest BCUT2D eigenvalue weighted by atomic mass is 13.8. The monoisotopic (exact) mass is 123 g/mol. The van der Waals surface area contributed by atoms with E-state index in [4.69, 9.17) is 0 Å². The van der Waals surface area contributed by atoms with Crippen molar-refractivity contribution in [2.24, 2.45) is 0 Å². The van der Waals surface area contributed by atoms with Crippen LogP contribution in [0.25, 0.3) is 0 Å². The van der Waals surface area contributed by atoms with Crippen LogP contribution in [0.5, 0.6) is 0 Å². The molecule has 0 rings (SSSR count). The molecule has 9 heavy (non-hydrogen) atoms. The van der Waals surface area contributed by atoms with Crippen LogP contribution >= 0.6 is 0 Å². The molecular weight excluding hydrogens is 108 g/mol. The molecule has 51 valence electrons. The Kier molecular flexibility index (Phi) is 7.05. The van der Waals surface area contributed by atoms with Gasteiger partial charge < -0.3 is 0 Å². The summed E-state index contributed by atoms with van der Waals surface area (Å²) in [7, 11) is 0. The highest BCUT2D eigenvalue weighted by Gasteiger charge is 1.74. The van der Waals surface area contributed by atoms with Gasteiger partial charge in [0.05, 0.1) is 0 Å². The van der Waals surface area contributed by atoms with Crippen molar-refractivity contribution in [3.05, 3.63) is 31.2 Å². The Morgan fingerprint density at radius 3 is 2.67 bits per heavy atom. The molecule has 0 bridgehead atoms. The topological polar surface area (TPSA) is 0 Å². The third-order valence-electron chi connectivity index (χ3n) is 1.11. The summed E-state index contributed by atoms with van der Waals surface area (Å²) in [5.74, 6) is 0. The smallest absolute Gasteiger partial charge is 0.0313 e. The van der Waals surface area contributed by atoms with Gasteiger partial charge in [-0.1, -0.05) is 44.1 Å². The van der Waals surface area contributed by atoms with Crippen molar-refractivity contribution in [2.75, 3.05) is 0 Å². The molecule has 0 aliphatic rings. The SMILES string of the molecule is [CH2]C=C/C=C/CCCC. The summed E-state index contributed by atoms with van der Waals surface area (Å²) in [5.41, 5.74) is 0. The molecule has 0 nitrogen and oxygen atoms in total. The lowest BCUT2D eigenvalue weighted by Gasteiger charge is -1.84. The Morgan fingerprint density at radius 2 is 2.11 bits per heavy atom. The molecular formula is C9H15. The lowest BCUT2D eigenvalue weighted by Crippen LogP contribution is -1.64. The zero-order valence-electron chi connectivity index (χ0n) is 6.14. The quantitative estimate of drug-likeness (QED) is 0.398. The molecule has 0 aromatic heterocycles. The Balaban J connectivity index is 3.04. The van der Waals surface area contributed by atoms with Gasteiger partial charge in [-0.3, -0.25) is 0 Å². The van der Waals surface area contributed by atoms with Crippen molar-refractivity contribution in [3.8, 4) is 0 Å². The molecule has 0 atom stereocenters. The maximum atomic E-state index is 3.57. The summed E-state index contributed by atoms with van der Waals surface area (Å²) >= 11 is 0. The minimum Gasteiger partial charge on any atom is -0.0845 e. The van der Waals surface area contributed by atoms with E-state index in [-0.39, 0.29) is 0 Å². The van der Waals surface area contributed by atoms with Gasteiger partial charge in [0.15, 0.2) is 0 Å². The molecule has 0 fully saturated rings. The summed E-state index contributed by atoms with van der Waals surface area (Å²) < 4.78 is 0. The average Bonchev–Trinajstić information content (AvgIpc) is 1.89. The fourth-order valence-corrected chi connectivity index (χ4v) is 0.575. The number of allylic oxidation sites excluding steroid dienone is 4. The molecule has 0 aliphatic heterocycles. The first kappa shape index (κ1) is 8.48. The first-order chi connectivity index (χ1) is 4.41. The lowest BCUT2D eigenvalue weighted by molar-refractivity contribution is 0.815. The first-order valence-corrected chi connectivity index (χ1v) is 3.52. The van der Waals surface area contributed by atoms with Crippen LogP contribution in [0.3, 0.4) is 0 Å². The Morgan fingerprint density at radius 1 is 1.33 bits per heavy atom. The third kappa shape index (κ3) is 7.48. The normalized spacial score (nSPS) is 11.8. The van der Waals surface area contributed by atoms with Gasteiger partial charge in [-0.2, -0.15) is 0 Å². The van der Waals surface area contributed by atoms with E-state index in [1.807, 2.05) is 12.2 Å². The van der Waals surface area contributed by atoms with Crippen LogP contribution in [-0.4, -0.2) is 0 Å². The van der Waals surface area contributed by atoms with E-state index in [1.165, 1.54) is 19.3 Å². The van der Waals surface area contributed by atoms with Crippen LogP contribution < -0.4 is 0 Å². The van der Waals surface area contributed by atoms with Gasteiger partial charge in [0.25, 0.3) is 0 Å². The minimum atomic E-state index is 1.20. The number of unbranched alkanes of at least 4 members (excludes halogenated alkanes) is 2. The second-order valence-corrected chi connectivity index (χ2v) is 2.00. The van der Waals surface area contributed by atoms with Crippen molar-refractivity contribution < 1.29 is 0 Å². The van der Waals surface area contributed by atoms with Gasteiger partial charge in [-0.15, -0.1) is 0 Å². The molecule has 0 heterocycles. The lowest BCUT2D eigenvalue weighted by atomic mass is 10.2. The average molecular weight is 123 g/mol. The van der Waals surface area contributed by atoms with E-state index in [0.29, 0.717) is 0 Å². The van der Waals surface area contributed by atoms with Crippen molar-refractivity contribution in [3.63, 3.8) is 0 Å². The summed E-state index contributed by atoms with van der Waals surface area (Å²) in [4.78, 5) is 0. The molecule has 0 aromatic carbocycles. The molecule has 0 saturated heterocycles. The number of hydrogen-bond acceptors (Lipinski definition) is 0. The molecule has 0 heteroatoms. The zero-order valence-corrected chi connectivity index (χ0v) is 6.14. The summed E-state index contributed by atoms with van der Waals surface area (Å²) in [6, 6.07) is 0. The van der Waals surface area contributed by atoms with Gasteiger partial charge in [0.2, 0.25) is 0 Å². The molecule has 0 saturated carbocycles. The predicted octanol–water partition coefficient (Wildman–Crippen LogP) is 3.12. The highest BCUT2D eigenvalue weighted by molar-refractivity contribution is 5.03. The molecule has 1 radical (unpaired) electrons. The molecule has 0 amide bonds. The van der Waals surface area contributed by atoms with Gasteiger partial charge in [0.1, 0.15) is 0 Å². The van der Waals surface area contributed by atoms with E-state index < -0.39 is 0 Å². The fraction of sp³-hybridized carbons (Fsp3) is 0.444. The van der Waals surface area contributed by atoms with Crippen LogP contribution in [0.2, 0.25) is 0 Å². The van der Waals surface area contributed by atoms with E-state index in [2.05, 4.69) is 19.9 Å². The maximum Gasteiger partial charge on any atom is -0.0313 e. The molecule has 0 aliphatic carbocycles. The fourth-order valence-electron chi connectivity index (χ4n) is 0.575. The van der Waals surface area contributed by atoms with Crippen molar-refractivity contribution in [1.82, 2.24) is 0 Å². The maximum absolute atomic E-state index is 3.57. The van der Waals surface area contributed by atoms with E-state index in [9.17, 15) is 0 Å². The highest BCUT2D eigenvalue weighted by Crippen LogP contribution is 1.94. The zero-order chi connectivity index (χ0) is 6.95. The second kappa shape index (κ2) is 7.48. The van der Waals surface area contributed by atoms with E-state index in [0.717, 1.165) is 0 Å². The molecule has 0 N–H and O–H groups in total.